The van der Waals surface area contributed by atoms with Crippen LogP contribution < -0.4 is 23.9 Å². The number of para-hydroxylation sites is 3. The van der Waals surface area contributed by atoms with Crippen LogP contribution in [0.1, 0.15) is 18.1 Å². The number of benzene rings is 3. The van der Waals surface area contributed by atoms with Crippen LogP contribution in [0.4, 0.5) is 5.69 Å². The van der Waals surface area contributed by atoms with E-state index in [2.05, 4.69) is 10.5 Å². The van der Waals surface area contributed by atoms with Crippen LogP contribution in [0.25, 0.3) is 0 Å². The van der Waals surface area contributed by atoms with Crippen LogP contribution in [0, 0.1) is 6.92 Å². The predicted molar refractivity (Wildman–Crippen MR) is 139 cm³/mol. The summed E-state index contributed by atoms with van der Waals surface area (Å²) in [5.74, 6) is 0.658. The van der Waals surface area contributed by atoms with Crippen molar-refractivity contribution in [2.24, 2.45) is 5.10 Å². The Labute approximate surface area is 211 Å². The molecule has 190 valence electrons. The predicted octanol–water partition coefficient (Wildman–Crippen LogP) is 3.76. The van der Waals surface area contributed by atoms with Gasteiger partial charge in [0.05, 0.1) is 37.6 Å². The van der Waals surface area contributed by atoms with Crippen molar-refractivity contribution in [3.63, 3.8) is 0 Å². The second kappa shape index (κ2) is 12.1. The molecule has 0 heterocycles. The fourth-order valence-corrected chi connectivity index (χ4v) is 4.86. The normalized spacial score (nSPS) is 11.2. The summed E-state index contributed by atoms with van der Waals surface area (Å²) in [6.45, 7) is 3.46. The van der Waals surface area contributed by atoms with Gasteiger partial charge in [0.25, 0.3) is 15.9 Å². The van der Waals surface area contributed by atoms with Crippen molar-refractivity contribution in [3.8, 4) is 17.2 Å². The van der Waals surface area contributed by atoms with Gasteiger partial charge in [-0.1, -0.05) is 35.9 Å². The molecule has 36 heavy (non-hydrogen) atoms. The van der Waals surface area contributed by atoms with E-state index in [4.69, 9.17) is 14.2 Å². The number of hydrazone groups is 1. The average Bonchev–Trinajstić information content (AvgIpc) is 2.88. The maximum Gasteiger partial charge on any atom is 0.264 e. The van der Waals surface area contributed by atoms with Crippen LogP contribution in [0.15, 0.2) is 76.7 Å². The van der Waals surface area contributed by atoms with Crippen molar-refractivity contribution < 1.29 is 27.4 Å². The van der Waals surface area contributed by atoms with Crippen molar-refractivity contribution in [3.05, 3.63) is 77.9 Å². The highest BCUT2D eigenvalue weighted by Gasteiger charge is 2.29. The summed E-state index contributed by atoms with van der Waals surface area (Å²) in [4.78, 5) is 12.9. The molecular formula is C26H29N3O6S. The molecule has 0 radical (unpaired) electrons. The molecule has 1 amide bonds. The summed E-state index contributed by atoms with van der Waals surface area (Å²) >= 11 is 0. The Morgan fingerprint density at radius 2 is 1.67 bits per heavy atom. The van der Waals surface area contributed by atoms with Crippen LogP contribution >= 0.6 is 0 Å². The number of ether oxygens (including phenoxy) is 3. The first kappa shape index (κ1) is 26.6. The van der Waals surface area contributed by atoms with Gasteiger partial charge in [0.2, 0.25) is 0 Å². The highest BCUT2D eigenvalue weighted by atomic mass is 32.2. The maximum atomic E-state index is 13.6. The van der Waals surface area contributed by atoms with Gasteiger partial charge < -0.3 is 14.2 Å². The number of amides is 1. The zero-order valence-corrected chi connectivity index (χ0v) is 21.4. The van der Waals surface area contributed by atoms with Crippen LogP contribution in [0.3, 0.4) is 0 Å². The lowest BCUT2D eigenvalue weighted by atomic mass is 10.2. The van der Waals surface area contributed by atoms with Gasteiger partial charge in [0, 0.05) is 5.56 Å². The lowest BCUT2D eigenvalue weighted by Gasteiger charge is -2.25. The fraction of sp³-hybridized carbons (Fsp3) is 0.231. The number of carbonyl (C=O) groups excluding carboxylic acids is 1. The van der Waals surface area contributed by atoms with Crippen molar-refractivity contribution in [2.75, 3.05) is 31.7 Å². The van der Waals surface area contributed by atoms with E-state index >= 15 is 0 Å². The molecular weight excluding hydrogens is 482 g/mol. The van der Waals surface area contributed by atoms with Crippen LogP contribution in [0.2, 0.25) is 0 Å². The molecule has 1 N–H and O–H groups in total. The average molecular weight is 512 g/mol. The van der Waals surface area contributed by atoms with E-state index in [0.717, 1.165) is 9.87 Å². The largest absolute Gasteiger partial charge is 0.493 e. The third kappa shape index (κ3) is 6.14. The fourth-order valence-electron chi connectivity index (χ4n) is 3.43. The first-order valence-electron chi connectivity index (χ1n) is 11.2. The summed E-state index contributed by atoms with van der Waals surface area (Å²) in [5.41, 5.74) is 4.12. The van der Waals surface area contributed by atoms with Gasteiger partial charge >= 0.3 is 0 Å². The zero-order chi connectivity index (χ0) is 26.1. The molecule has 0 aliphatic heterocycles. The van der Waals surface area contributed by atoms with Crippen LogP contribution in [-0.2, 0) is 14.8 Å². The summed E-state index contributed by atoms with van der Waals surface area (Å²) < 4.78 is 44.5. The number of hydrogen-bond donors (Lipinski definition) is 1. The van der Waals surface area contributed by atoms with Gasteiger partial charge in [-0.25, -0.2) is 13.8 Å². The van der Waals surface area contributed by atoms with Gasteiger partial charge in [0.15, 0.2) is 11.5 Å². The highest BCUT2D eigenvalue weighted by Crippen LogP contribution is 2.32. The lowest BCUT2D eigenvalue weighted by molar-refractivity contribution is -0.119. The molecule has 0 atom stereocenters. The number of hydrogen-bond acceptors (Lipinski definition) is 7. The molecule has 0 fully saturated rings. The van der Waals surface area contributed by atoms with Gasteiger partial charge in [-0.2, -0.15) is 5.10 Å². The summed E-state index contributed by atoms with van der Waals surface area (Å²) in [6.07, 6.45) is 1.40. The smallest absolute Gasteiger partial charge is 0.264 e. The lowest BCUT2D eigenvalue weighted by Crippen LogP contribution is -2.39. The molecule has 3 rings (SSSR count). The number of nitrogens with one attached hydrogen (secondary N) is 1. The molecule has 0 saturated heterocycles. The zero-order valence-electron chi connectivity index (χ0n) is 20.6. The third-order valence-corrected chi connectivity index (χ3v) is 6.93. The molecule has 0 aromatic heterocycles. The summed E-state index contributed by atoms with van der Waals surface area (Å²) in [5, 5.41) is 3.98. The Kier molecular flexibility index (Phi) is 8.91. The minimum absolute atomic E-state index is 0.0526. The Balaban J connectivity index is 1.91. The Hall–Kier alpha value is -4.05. The molecule has 10 heteroatoms. The Morgan fingerprint density at radius 1 is 0.972 bits per heavy atom. The summed E-state index contributed by atoms with van der Waals surface area (Å²) in [7, 11) is -1.08. The minimum Gasteiger partial charge on any atom is -0.493 e. The maximum absolute atomic E-state index is 13.6. The van der Waals surface area contributed by atoms with E-state index in [-0.39, 0.29) is 10.6 Å². The van der Waals surface area contributed by atoms with E-state index in [1.807, 2.05) is 6.92 Å². The monoisotopic (exact) mass is 511 g/mol. The number of aryl methyl sites for hydroxylation is 1. The topological polar surface area (TPSA) is 107 Å². The third-order valence-electron chi connectivity index (χ3n) is 5.16. The Morgan fingerprint density at radius 3 is 2.33 bits per heavy atom. The van der Waals surface area contributed by atoms with Gasteiger partial charge in [-0.15, -0.1) is 0 Å². The first-order valence-corrected chi connectivity index (χ1v) is 12.6. The molecule has 3 aromatic carbocycles. The van der Waals surface area contributed by atoms with Gasteiger partial charge in [0.1, 0.15) is 12.3 Å². The van der Waals surface area contributed by atoms with Crippen molar-refractivity contribution in [2.45, 2.75) is 18.7 Å². The van der Waals surface area contributed by atoms with E-state index in [1.165, 1.54) is 32.6 Å². The van der Waals surface area contributed by atoms with E-state index in [0.29, 0.717) is 29.4 Å². The second-order valence-corrected chi connectivity index (χ2v) is 9.46. The SMILES string of the molecule is CCOc1ccccc1N(CC(=O)N/N=C\c1cccc(OC)c1OC)S(=O)(=O)c1ccc(C)cc1. The number of carbonyl (C=O) groups is 1. The van der Waals surface area contributed by atoms with E-state index in [9.17, 15) is 13.2 Å². The van der Waals surface area contributed by atoms with Crippen molar-refractivity contribution >= 4 is 27.8 Å². The standard InChI is InChI=1S/C26H29N3O6S/c1-5-35-23-11-7-6-10-22(23)29(36(31,32)21-15-13-19(2)14-16-21)18-25(30)28-27-17-20-9-8-12-24(33-3)26(20)34-4/h6-17H,5,18H2,1-4H3,(H,28,30)/b27-17-. The molecule has 0 unspecified atom stereocenters. The molecule has 0 aliphatic rings. The molecule has 0 saturated carbocycles. The molecule has 0 aliphatic carbocycles. The number of rotatable bonds is 11. The number of sulfonamides is 1. The van der Waals surface area contributed by atoms with Gasteiger partial charge in [-0.05, 0) is 50.2 Å². The molecule has 9 nitrogen and oxygen atoms in total. The summed E-state index contributed by atoms with van der Waals surface area (Å²) in [6, 6.07) is 18.3. The van der Waals surface area contributed by atoms with Crippen molar-refractivity contribution in [1.29, 1.82) is 0 Å². The quantitative estimate of drug-likeness (QED) is 0.310. The molecule has 3 aromatic rings. The van der Waals surface area contributed by atoms with Crippen molar-refractivity contribution in [1.82, 2.24) is 5.43 Å². The first-order chi connectivity index (χ1) is 17.3. The second-order valence-electron chi connectivity index (χ2n) is 7.60. The van der Waals surface area contributed by atoms with Crippen LogP contribution in [-0.4, -0.2) is 47.9 Å². The highest BCUT2D eigenvalue weighted by molar-refractivity contribution is 7.92. The van der Waals surface area contributed by atoms with Gasteiger partial charge in [-0.3, -0.25) is 9.10 Å². The molecule has 0 spiro atoms. The number of methoxy groups -OCH3 is 2. The van der Waals surface area contributed by atoms with Crippen LogP contribution in [0.5, 0.6) is 17.2 Å². The Bertz CT molecular complexity index is 1320. The number of nitrogens with zero attached hydrogens (tertiary/aromatic N) is 2. The van der Waals surface area contributed by atoms with E-state index in [1.54, 1.807) is 61.5 Å². The van der Waals surface area contributed by atoms with E-state index < -0.39 is 22.5 Å². The minimum atomic E-state index is -4.10. The number of anilines is 1. The molecule has 0 bridgehead atoms.